The lowest BCUT2D eigenvalue weighted by Gasteiger charge is -2.19. The average molecular weight is 261 g/mol. The summed E-state index contributed by atoms with van der Waals surface area (Å²) in [4.78, 5) is 11.9. The maximum absolute atomic E-state index is 13.1. The van der Waals surface area contributed by atoms with Crippen LogP contribution >= 0.6 is 0 Å². The Kier molecular flexibility index (Phi) is 3.38. The van der Waals surface area contributed by atoms with Gasteiger partial charge in [0.2, 0.25) is 0 Å². The van der Waals surface area contributed by atoms with Gasteiger partial charge in [-0.15, -0.1) is 0 Å². The number of nitrogens with one attached hydrogen (secondary N) is 1. The lowest BCUT2D eigenvalue weighted by atomic mass is 10.1. The standard InChI is InChI=1S/C14H16FN3O/c1-14(2,3)16-13(19)12-7-8-18(17-12)11-6-4-5-10(15)9-11/h4-9H,1-3H3,(H,16,19). The molecule has 0 unspecified atom stereocenters. The van der Waals surface area contributed by atoms with Crippen molar-refractivity contribution in [1.29, 1.82) is 0 Å². The smallest absolute Gasteiger partial charge is 0.272 e. The second kappa shape index (κ2) is 4.84. The van der Waals surface area contributed by atoms with E-state index in [-0.39, 0.29) is 17.3 Å². The van der Waals surface area contributed by atoms with Crippen molar-refractivity contribution in [3.63, 3.8) is 0 Å². The summed E-state index contributed by atoms with van der Waals surface area (Å²) in [5.41, 5.74) is 0.564. The lowest BCUT2D eigenvalue weighted by molar-refractivity contribution is 0.0914. The van der Waals surface area contributed by atoms with Crippen LogP contribution in [0.1, 0.15) is 31.3 Å². The van der Waals surface area contributed by atoms with Crippen LogP contribution < -0.4 is 5.32 Å². The highest BCUT2D eigenvalue weighted by Gasteiger charge is 2.17. The molecule has 1 amide bonds. The van der Waals surface area contributed by atoms with Crippen molar-refractivity contribution in [2.24, 2.45) is 0 Å². The Hall–Kier alpha value is -2.17. The van der Waals surface area contributed by atoms with E-state index in [9.17, 15) is 9.18 Å². The molecule has 1 heterocycles. The normalized spacial score (nSPS) is 11.4. The molecule has 0 radical (unpaired) electrons. The molecule has 1 N–H and O–H groups in total. The lowest BCUT2D eigenvalue weighted by Crippen LogP contribution is -2.40. The van der Waals surface area contributed by atoms with Crippen LogP contribution in [0.5, 0.6) is 0 Å². The minimum Gasteiger partial charge on any atom is -0.346 e. The predicted molar refractivity (Wildman–Crippen MR) is 70.7 cm³/mol. The van der Waals surface area contributed by atoms with Crippen LogP contribution in [0.4, 0.5) is 4.39 Å². The Morgan fingerprint density at radius 3 is 2.68 bits per heavy atom. The van der Waals surface area contributed by atoms with Gasteiger partial charge in [0.05, 0.1) is 5.69 Å². The zero-order chi connectivity index (χ0) is 14.0. The quantitative estimate of drug-likeness (QED) is 0.903. The fraction of sp³-hybridized carbons (Fsp3) is 0.286. The van der Waals surface area contributed by atoms with E-state index in [0.29, 0.717) is 11.4 Å². The number of carbonyl (C=O) groups excluding carboxylic acids is 1. The summed E-state index contributed by atoms with van der Waals surface area (Å²) in [6.07, 6.45) is 1.63. The topological polar surface area (TPSA) is 46.9 Å². The van der Waals surface area contributed by atoms with Crippen LogP contribution in [-0.2, 0) is 0 Å². The zero-order valence-corrected chi connectivity index (χ0v) is 11.1. The number of halogens is 1. The van der Waals surface area contributed by atoms with Gasteiger partial charge in [-0.2, -0.15) is 5.10 Å². The summed E-state index contributed by atoms with van der Waals surface area (Å²) in [6, 6.07) is 7.65. The maximum Gasteiger partial charge on any atom is 0.272 e. The molecule has 0 atom stereocenters. The molecular weight excluding hydrogens is 245 g/mol. The van der Waals surface area contributed by atoms with Gasteiger partial charge in [-0.25, -0.2) is 9.07 Å². The monoisotopic (exact) mass is 261 g/mol. The zero-order valence-electron chi connectivity index (χ0n) is 11.1. The largest absolute Gasteiger partial charge is 0.346 e. The van der Waals surface area contributed by atoms with Crippen LogP contribution in [0.3, 0.4) is 0 Å². The third-order valence-electron chi connectivity index (χ3n) is 2.38. The third-order valence-corrected chi connectivity index (χ3v) is 2.38. The van der Waals surface area contributed by atoms with Gasteiger partial charge in [-0.1, -0.05) is 6.07 Å². The summed E-state index contributed by atoms with van der Waals surface area (Å²) in [5.74, 6) is -0.587. The minimum absolute atomic E-state index is 0.248. The predicted octanol–water partition coefficient (Wildman–Crippen LogP) is 2.54. The van der Waals surface area contributed by atoms with E-state index in [1.807, 2.05) is 20.8 Å². The summed E-state index contributed by atoms with van der Waals surface area (Å²) in [7, 11) is 0. The van der Waals surface area contributed by atoms with E-state index in [0.717, 1.165) is 0 Å². The fourth-order valence-corrected chi connectivity index (χ4v) is 1.61. The van der Waals surface area contributed by atoms with Crippen molar-refractivity contribution in [2.75, 3.05) is 0 Å². The van der Waals surface area contributed by atoms with E-state index in [4.69, 9.17) is 0 Å². The molecule has 0 spiro atoms. The molecule has 0 aliphatic rings. The molecule has 1 aromatic carbocycles. The molecule has 19 heavy (non-hydrogen) atoms. The van der Waals surface area contributed by atoms with Crippen LogP contribution in [0.15, 0.2) is 36.5 Å². The summed E-state index contributed by atoms with van der Waals surface area (Å²) in [6.45, 7) is 5.69. The van der Waals surface area contributed by atoms with Gasteiger partial charge >= 0.3 is 0 Å². The molecule has 2 aromatic rings. The van der Waals surface area contributed by atoms with Gasteiger partial charge in [0.1, 0.15) is 5.82 Å². The van der Waals surface area contributed by atoms with Gasteiger partial charge in [-0.3, -0.25) is 4.79 Å². The third kappa shape index (κ3) is 3.40. The van der Waals surface area contributed by atoms with Crippen LogP contribution in [0, 0.1) is 5.82 Å². The summed E-state index contributed by atoms with van der Waals surface area (Å²) in [5, 5.41) is 6.97. The molecule has 100 valence electrons. The van der Waals surface area contributed by atoms with Crippen molar-refractivity contribution < 1.29 is 9.18 Å². The number of hydrogen-bond acceptors (Lipinski definition) is 2. The SMILES string of the molecule is CC(C)(C)NC(=O)c1ccn(-c2cccc(F)c2)n1. The second-order valence-corrected chi connectivity index (χ2v) is 5.33. The molecule has 0 saturated carbocycles. The van der Waals surface area contributed by atoms with Crippen molar-refractivity contribution >= 4 is 5.91 Å². The maximum atomic E-state index is 13.1. The first-order valence-corrected chi connectivity index (χ1v) is 5.99. The Morgan fingerprint density at radius 1 is 1.32 bits per heavy atom. The van der Waals surface area contributed by atoms with Gasteiger partial charge in [-0.05, 0) is 45.0 Å². The van der Waals surface area contributed by atoms with Crippen LogP contribution in [0.2, 0.25) is 0 Å². The summed E-state index contributed by atoms with van der Waals surface area (Å²) < 4.78 is 14.6. The molecular formula is C14H16FN3O. The molecule has 0 aliphatic carbocycles. The number of hydrogen-bond donors (Lipinski definition) is 1. The molecule has 0 fully saturated rings. The molecule has 4 nitrogen and oxygen atoms in total. The van der Waals surface area contributed by atoms with Gasteiger partial charge in [0, 0.05) is 11.7 Å². The Balaban J connectivity index is 2.22. The number of rotatable bonds is 2. The van der Waals surface area contributed by atoms with Gasteiger partial charge in [0.25, 0.3) is 5.91 Å². The Labute approximate surface area is 111 Å². The highest BCUT2D eigenvalue weighted by molar-refractivity contribution is 5.92. The highest BCUT2D eigenvalue weighted by atomic mass is 19.1. The first kappa shape index (κ1) is 13.3. The van der Waals surface area contributed by atoms with Gasteiger partial charge < -0.3 is 5.32 Å². The fourth-order valence-electron chi connectivity index (χ4n) is 1.61. The molecule has 1 aromatic heterocycles. The van der Waals surface area contributed by atoms with E-state index >= 15 is 0 Å². The van der Waals surface area contributed by atoms with Crippen LogP contribution in [-0.4, -0.2) is 21.2 Å². The number of aromatic nitrogens is 2. The average Bonchev–Trinajstić information content (AvgIpc) is 2.75. The van der Waals surface area contributed by atoms with Crippen molar-refractivity contribution in [3.8, 4) is 5.69 Å². The number of amides is 1. The molecule has 0 saturated heterocycles. The molecule has 0 aliphatic heterocycles. The number of benzene rings is 1. The van der Waals surface area contributed by atoms with E-state index in [1.165, 1.54) is 16.8 Å². The van der Waals surface area contributed by atoms with Crippen molar-refractivity contribution in [3.05, 3.63) is 48.0 Å². The first-order valence-electron chi connectivity index (χ1n) is 5.99. The molecule has 5 heteroatoms. The summed E-state index contributed by atoms with van der Waals surface area (Å²) >= 11 is 0. The van der Waals surface area contributed by atoms with Gasteiger partial charge in [0.15, 0.2) is 5.69 Å². The van der Waals surface area contributed by atoms with E-state index < -0.39 is 0 Å². The first-order chi connectivity index (χ1) is 8.85. The Bertz CT molecular complexity index is 599. The Morgan fingerprint density at radius 2 is 2.05 bits per heavy atom. The second-order valence-electron chi connectivity index (χ2n) is 5.33. The minimum atomic E-state index is -0.339. The highest BCUT2D eigenvalue weighted by Crippen LogP contribution is 2.10. The van der Waals surface area contributed by atoms with Crippen LogP contribution in [0.25, 0.3) is 5.69 Å². The number of nitrogens with zero attached hydrogens (tertiary/aromatic N) is 2. The molecule has 2 rings (SSSR count). The van der Waals surface area contributed by atoms with E-state index in [1.54, 1.807) is 24.4 Å². The van der Waals surface area contributed by atoms with Crippen molar-refractivity contribution in [1.82, 2.24) is 15.1 Å². The molecule has 0 bridgehead atoms. The number of carbonyl (C=O) groups is 1. The van der Waals surface area contributed by atoms with Crippen molar-refractivity contribution in [2.45, 2.75) is 26.3 Å². The van der Waals surface area contributed by atoms with E-state index in [2.05, 4.69) is 10.4 Å².